The molecule has 9 aromatic rings. The van der Waals surface area contributed by atoms with Crippen molar-refractivity contribution in [3.05, 3.63) is 182 Å². The monoisotopic (exact) mass is 582 g/mol. The van der Waals surface area contributed by atoms with Crippen LogP contribution in [-0.4, -0.2) is 0 Å². The molecule has 0 N–H and O–H groups in total. The molecule has 0 atom stereocenters. The van der Waals surface area contributed by atoms with Gasteiger partial charge in [0, 0.05) is 0 Å². The lowest BCUT2D eigenvalue weighted by Gasteiger charge is -2.19. The maximum atomic E-state index is 2.31. The van der Waals surface area contributed by atoms with Gasteiger partial charge in [-0.3, -0.25) is 0 Å². The Labute approximate surface area is 268 Å². The summed E-state index contributed by atoms with van der Waals surface area (Å²) in [6.07, 6.45) is 0. The molecule has 0 unspecified atom stereocenters. The Hall–Kier alpha value is -5.98. The Bertz CT molecular complexity index is 2360. The van der Waals surface area contributed by atoms with Gasteiger partial charge in [-0.05, 0) is 87.6 Å². The highest BCUT2D eigenvalue weighted by Crippen LogP contribution is 2.45. The second-order valence-corrected chi connectivity index (χ2v) is 12.0. The van der Waals surface area contributed by atoms with Gasteiger partial charge in [-0.2, -0.15) is 0 Å². The lowest BCUT2D eigenvalue weighted by atomic mass is 9.84. The number of benzene rings is 9. The Morgan fingerprint density at radius 3 is 0.913 bits per heavy atom. The van der Waals surface area contributed by atoms with Crippen molar-refractivity contribution in [1.29, 1.82) is 0 Å². The average Bonchev–Trinajstić information content (AvgIpc) is 3.14. The molecule has 214 valence electrons. The van der Waals surface area contributed by atoms with Crippen LogP contribution in [0, 0.1) is 0 Å². The number of hydrogen-bond acceptors (Lipinski definition) is 0. The molecule has 0 aromatic heterocycles. The molecule has 0 aliphatic carbocycles. The summed E-state index contributed by atoms with van der Waals surface area (Å²) in [5, 5.41) is 10.2. The van der Waals surface area contributed by atoms with Gasteiger partial charge < -0.3 is 0 Å². The van der Waals surface area contributed by atoms with Crippen molar-refractivity contribution < 1.29 is 0 Å². The van der Waals surface area contributed by atoms with E-state index in [1.165, 1.54) is 87.6 Å². The van der Waals surface area contributed by atoms with Crippen molar-refractivity contribution in [2.45, 2.75) is 0 Å². The quantitative estimate of drug-likeness (QED) is 0.181. The summed E-state index contributed by atoms with van der Waals surface area (Å²) >= 11 is 0. The van der Waals surface area contributed by atoms with E-state index in [-0.39, 0.29) is 0 Å². The molecule has 46 heavy (non-hydrogen) atoms. The molecule has 0 nitrogen and oxygen atoms in total. The fourth-order valence-corrected chi connectivity index (χ4v) is 7.33. The third kappa shape index (κ3) is 4.30. The van der Waals surface area contributed by atoms with Crippen LogP contribution in [0.5, 0.6) is 0 Å². The van der Waals surface area contributed by atoms with Gasteiger partial charge in [-0.15, -0.1) is 0 Å². The van der Waals surface area contributed by atoms with E-state index in [0.29, 0.717) is 0 Å². The fraction of sp³-hybridized carbons (Fsp3) is 0. The Kier molecular flexibility index (Phi) is 6.25. The van der Waals surface area contributed by atoms with E-state index in [4.69, 9.17) is 0 Å². The summed E-state index contributed by atoms with van der Waals surface area (Å²) < 4.78 is 0. The van der Waals surface area contributed by atoms with E-state index >= 15 is 0 Å². The summed E-state index contributed by atoms with van der Waals surface area (Å²) in [6, 6.07) is 66.5. The highest BCUT2D eigenvalue weighted by molar-refractivity contribution is 6.21. The molecule has 0 heterocycles. The van der Waals surface area contributed by atoms with Gasteiger partial charge in [0.1, 0.15) is 0 Å². The minimum Gasteiger partial charge on any atom is -0.0616 e. The number of fused-ring (bicyclic) bond motifs is 5. The van der Waals surface area contributed by atoms with Crippen molar-refractivity contribution in [1.82, 2.24) is 0 Å². The van der Waals surface area contributed by atoms with Crippen LogP contribution < -0.4 is 0 Å². The van der Waals surface area contributed by atoms with Gasteiger partial charge in [0.15, 0.2) is 0 Å². The van der Waals surface area contributed by atoms with Crippen LogP contribution in [0.25, 0.3) is 87.6 Å². The smallest absolute Gasteiger partial charge is 0.00203 e. The number of hydrogen-bond donors (Lipinski definition) is 0. The summed E-state index contributed by atoms with van der Waals surface area (Å²) in [5.41, 5.74) is 9.97. The van der Waals surface area contributed by atoms with Crippen LogP contribution in [0.3, 0.4) is 0 Å². The second-order valence-electron chi connectivity index (χ2n) is 12.0. The highest BCUT2D eigenvalue weighted by atomic mass is 14.2. The lowest BCUT2D eigenvalue weighted by molar-refractivity contribution is 1.60. The summed E-state index contributed by atoms with van der Waals surface area (Å²) in [5.74, 6) is 0. The van der Waals surface area contributed by atoms with Crippen molar-refractivity contribution in [2.24, 2.45) is 0 Å². The van der Waals surface area contributed by atoms with E-state index in [0.717, 1.165) is 0 Å². The largest absolute Gasteiger partial charge is 0.0616 e. The third-order valence-electron chi connectivity index (χ3n) is 9.48. The zero-order valence-corrected chi connectivity index (χ0v) is 25.3. The number of rotatable bonds is 4. The van der Waals surface area contributed by atoms with Gasteiger partial charge in [-0.25, -0.2) is 0 Å². The maximum Gasteiger partial charge on any atom is -0.00203 e. The molecule has 0 saturated carbocycles. The first kappa shape index (κ1) is 26.4. The lowest BCUT2D eigenvalue weighted by Crippen LogP contribution is -1.92. The van der Waals surface area contributed by atoms with Crippen LogP contribution >= 0.6 is 0 Å². The van der Waals surface area contributed by atoms with Crippen LogP contribution in [0.15, 0.2) is 182 Å². The predicted molar refractivity (Wildman–Crippen MR) is 198 cm³/mol. The predicted octanol–water partition coefficient (Wildman–Crippen LogP) is 13.0. The van der Waals surface area contributed by atoms with Crippen molar-refractivity contribution in [3.63, 3.8) is 0 Å². The Morgan fingerprint density at radius 1 is 0.196 bits per heavy atom. The van der Waals surface area contributed by atoms with Crippen LogP contribution in [-0.2, 0) is 0 Å². The molecular weight excluding hydrogens is 553 g/mol. The van der Waals surface area contributed by atoms with Crippen molar-refractivity contribution >= 4 is 43.1 Å². The van der Waals surface area contributed by atoms with Crippen LogP contribution in [0.1, 0.15) is 0 Å². The van der Waals surface area contributed by atoms with E-state index < -0.39 is 0 Å². The standard InChI is InChI=1S/C46H30/c1-3-15-37-31(11-1)13-9-21-39(37)33-23-27-35(28-24-33)45-43-19-7-5-17-41(43)42-18-6-8-20-44(42)46(45)36-29-25-34(26-30-36)40-22-10-14-32-12-2-4-16-38(32)40/h1-30H. The molecule has 9 rings (SSSR count). The summed E-state index contributed by atoms with van der Waals surface area (Å²) in [6.45, 7) is 0. The van der Waals surface area contributed by atoms with Crippen molar-refractivity contribution in [3.8, 4) is 44.5 Å². The van der Waals surface area contributed by atoms with Gasteiger partial charge >= 0.3 is 0 Å². The molecule has 0 fully saturated rings. The molecule has 0 heteroatoms. The normalized spacial score (nSPS) is 11.5. The third-order valence-corrected chi connectivity index (χ3v) is 9.48. The van der Waals surface area contributed by atoms with Crippen molar-refractivity contribution in [2.75, 3.05) is 0 Å². The molecule has 0 amide bonds. The zero-order valence-electron chi connectivity index (χ0n) is 25.3. The van der Waals surface area contributed by atoms with Crippen LogP contribution in [0.4, 0.5) is 0 Å². The zero-order chi connectivity index (χ0) is 30.5. The SMILES string of the molecule is c1ccc2c(-c3ccc(-c4c(-c5ccc(-c6cccc7ccccc67)cc5)c5ccccc5c5ccccc45)cc3)cccc2c1. The molecule has 9 aromatic carbocycles. The molecule has 0 spiro atoms. The highest BCUT2D eigenvalue weighted by Gasteiger charge is 2.18. The average molecular weight is 583 g/mol. The summed E-state index contributed by atoms with van der Waals surface area (Å²) in [7, 11) is 0. The van der Waals surface area contributed by atoms with E-state index in [2.05, 4.69) is 182 Å². The molecule has 0 radical (unpaired) electrons. The maximum absolute atomic E-state index is 2.31. The van der Waals surface area contributed by atoms with Crippen LogP contribution in [0.2, 0.25) is 0 Å². The minimum absolute atomic E-state index is 1.22. The van der Waals surface area contributed by atoms with E-state index in [9.17, 15) is 0 Å². The first-order valence-corrected chi connectivity index (χ1v) is 15.9. The Balaban J connectivity index is 1.25. The van der Waals surface area contributed by atoms with Gasteiger partial charge in [0.05, 0.1) is 0 Å². The Morgan fingerprint density at radius 2 is 0.500 bits per heavy atom. The molecule has 0 bridgehead atoms. The molecule has 0 aliphatic heterocycles. The van der Waals surface area contributed by atoms with E-state index in [1.807, 2.05) is 0 Å². The van der Waals surface area contributed by atoms with E-state index in [1.54, 1.807) is 0 Å². The molecular formula is C46H30. The topological polar surface area (TPSA) is 0 Å². The van der Waals surface area contributed by atoms with Gasteiger partial charge in [0.25, 0.3) is 0 Å². The molecule has 0 saturated heterocycles. The van der Waals surface area contributed by atoms with Gasteiger partial charge in [0.2, 0.25) is 0 Å². The fourth-order valence-electron chi connectivity index (χ4n) is 7.33. The second kappa shape index (κ2) is 10.9. The first-order valence-electron chi connectivity index (χ1n) is 15.9. The summed E-state index contributed by atoms with van der Waals surface area (Å²) in [4.78, 5) is 0. The first-order chi connectivity index (χ1) is 22.8. The van der Waals surface area contributed by atoms with Gasteiger partial charge in [-0.1, -0.05) is 182 Å². The molecule has 0 aliphatic rings. The minimum atomic E-state index is 1.22.